The van der Waals surface area contributed by atoms with Gasteiger partial charge in [-0.3, -0.25) is 0 Å². The molecule has 1 aliphatic heterocycles. The number of sulfonamides is 1. The molecule has 0 unspecified atom stereocenters. The van der Waals surface area contributed by atoms with Crippen LogP contribution in [-0.4, -0.2) is 45.3 Å². The van der Waals surface area contributed by atoms with E-state index in [1.807, 2.05) is 0 Å². The van der Waals surface area contributed by atoms with E-state index in [-0.39, 0.29) is 31.5 Å². The van der Waals surface area contributed by atoms with Crippen LogP contribution in [0, 0.1) is 0 Å². The van der Waals surface area contributed by atoms with E-state index >= 15 is 0 Å². The second-order valence-electron chi connectivity index (χ2n) is 4.96. The minimum Gasteiger partial charge on any atom is -0.404 e. The Bertz CT molecular complexity index is 617. The number of ether oxygens (including phenoxy) is 1. The van der Waals surface area contributed by atoms with E-state index in [0.717, 1.165) is 12.1 Å². The van der Waals surface area contributed by atoms with Crippen LogP contribution in [0.1, 0.15) is 12.8 Å². The molecule has 132 valence electrons. The van der Waals surface area contributed by atoms with Gasteiger partial charge in [-0.05, 0) is 32.0 Å². The first-order valence-electron chi connectivity index (χ1n) is 6.76. The molecule has 10 heteroatoms. The molecule has 1 N–H and O–H groups in total. The molecule has 0 spiro atoms. The molecular formula is C13H18ClF3N2O3S. The highest BCUT2D eigenvalue weighted by Crippen LogP contribution is 2.32. The molecule has 1 aromatic rings. The van der Waals surface area contributed by atoms with Crippen molar-refractivity contribution in [1.82, 2.24) is 9.62 Å². The monoisotopic (exact) mass is 374 g/mol. The van der Waals surface area contributed by atoms with E-state index < -0.39 is 27.0 Å². The third kappa shape index (κ3) is 4.97. The highest BCUT2D eigenvalue weighted by Gasteiger charge is 2.36. The molecule has 1 heterocycles. The van der Waals surface area contributed by atoms with Gasteiger partial charge in [0.2, 0.25) is 10.0 Å². The highest BCUT2D eigenvalue weighted by atomic mass is 35.5. The normalized spacial score (nSPS) is 17.6. The third-order valence-corrected chi connectivity index (χ3v) is 5.49. The average Bonchev–Trinajstić information content (AvgIpc) is 2.46. The molecule has 5 nitrogen and oxygen atoms in total. The number of para-hydroxylation sites is 1. The molecule has 0 atom stereocenters. The topological polar surface area (TPSA) is 58.6 Å². The van der Waals surface area contributed by atoms with Crippen LogP contribution < -0.4 is 10.1 Å². The number of piperidine rings is 1. The lowest BCUT2D eigenvalue weighted by molar-refractivity contribution is -0.275. The molecule has 2 rings (SSSR count). The fourth-order valence-electron chi connectivity index (χ4n) is 2.40. The standard InChI is InChI=1S/C13H17F3N2O3S.ClH/c1-17-10-6-8-18(9-7-10)22(19,20)12-5-3-2-4-11(12)21-13(14,15)16;/h2-5,10,17H,6-9H2,1H3;1H. The lowest BCUT2D eigenvalue weighted by Gasteiger charge is -2.31. The van der Waals surface area contributed by atoms with Gasteiger partial charge in [0, 0.05) is 19.1 Å². The Hall–Kier alpha value is -1.03. The number of alkyl halides is 3. The first-order valence-corrected chi connectivity index (χ1v) is 8.20. The maximum Gasteiger partial charge on any atom is 0.573 e. The lowest BCUT2D eigenvalue weighted by atomic mass is 10.1. The fourth-order valence-corrected chi connectivity index (χ4v) is 3.98. The van der Waals surface area contributed by atoms with Crippen molar-refractivity contribution >= 4 is 22.4 Å². The smallest absolute Gasteiger partial charge is 0.404 e. The Morgan fingerprint density at radius 1 is 1.22 bits per heavy atom. The molecule has 0 aliphatic carbocycles. The summed E-state index contributed by atoms with van der Waals surface area (Å²) in [6, 6.07) is 5.01. The summed E-state index contributed by atoms with van der Waals surface area (Å²) < 4.78 is 67.4. The number of rotatable bonds is 4. The summed E-state index contributed by atoms with van der Waals surface area (Å²) in [6.45, 7) is 0.516. The lowest BCUT2D eigenvalue weighted by Crippen LogP contribution is -2.44. The first-order chi connectivity index (χ1) is 10.2. The number of hydrogen-bond donors (Lipinski definition) is 1. The van der Waals surface area contributed by atoms with Crippen LogP contribution in [0.2, 0.25) is 0 Å². The zero-order valence-electron chi connectivity index (χ0n) is 12.3. The number of nitrogens with one attached hydrogen (secondary N) is 1. The van der Waals surface area contributed by atoms with Crippen molar-refractivity contribution in [2.75, 3.05) is 20.1 Å². The molecule has 1 aliphatic rings. The predicted octanol–water partition coefficient (Wildman–Crippen LogP) is 2.38. The summed E-state index contributed by atoms with van der Waals surface area (Å²) in [5, 5.41) is 3.06. The zero-order chi connectivity index (χ0) is 16.4. The molecule has 0 saturated carbocycles. The van der Waals surface area contributed by atoms with E-state index in [2.05, 4.69) is 10.1 Å². The van der Waals surface area contributed by atoms with Gasteiger partial charge in [0.15, 0.2) is 0 Å². The van der Waals surface area contributed by atoms with Crippen LogP contribution in [0.15, 0.2) is 29.2 Å². The minimum absolute atomic E-state index is 0. The molecule has 0 bridgehead atoms. The Labute approximate surface area is 139 Å². The van der Waals surface area contributed by atoms with Gasteiger partial charge >= 0.3 is 6.36 Å². The summed E-state index contributed by atoms with van der Waals surface area (Å²) in [4.78, 5) is -0.463. The second kappa shape index (κ2) is 7.69. The third-order valence-electron chi connectivity index (χ3n) is 3.55. The summed E-state index contributed by atoms with van der Waals surface area (Å²) >= 11 is 0. The largest absolute Gasteiger partial charge is 0.573 e. The molecule has 1 fully saturated rings. The van der Waals surface area contributed by atoms with Gasteiger partial charge in [-0.25, -0.2) is 8.42 Å². The molecule has 0 radical (unpaired) electrons. The van der Waals surface area contributed by atoms with Crippen molar-refractivity contribution in [3.63, 3.8) is 0 Å². The summed E-state index contributed by atoms with van der Waals surface area (Å²) in [5.41, 5.74) is 0. The van der Waals surface area contributed by atoms with Crippen molar-refractivity contribution < 1.29 is 26.3 Å². The highest BCUT2D eigenvalue weighted by molar-refractivity contribution is 7.89. The number of halogens is 4. The van der Waals surface area contributed by atoms with Crippen molar-refractivity contribution in [1.29, 1.82) is 0 Å². The van der Waals surface area contributed by atoms with Gasteiger partial charge in [0.1, 0.15) is 10.6 Å². The van der Waals surface area contributed by atoms with Gasteiger partial charge < -0.3 is 10.1 Å². The number of hydrogen-bond acceptors (Lipinski definition) is 4. The Balaban J connectivity index is 0.00000264. The SMILES string of the molecule is CNC1CCN(S(=O)(=O)c2ccccc2OC(F)(F)F)CC1.Cl. The van der Waals surface area contributed by atoms with Crippen molar-refractivity contribution in [3.8, 4) is 5.75 Å². The molecular weight excluding hydrogens is 357 g/mol. The maximum absolute atomic E-state index is 12.5. The van der Waals surface area contributed by atoms with Gasteiger partial charge in [-0.15, -0.1) is 25.6 Å². The average molecular weight is 375 g/mol. The van der Waals surface area contributed by atoms with Crippen LogP contribution in [0.25, 0.3) is 0 Å². The second-order valence-corrected chi connectivity index (χ2v) is 6.87. The summed E-state index contributed by atoms with van der Waals surface area (Å²) in [5.74, 6) is -0.703. The van der Waals surface area contributed by atoms with Crippen LogP contribution >= 0.6 is 12.4 Å². The molecule has 23 heavy (non-hydrogen) atoms. The fraction of sp³-hybridized carbons (Fsp3) is 0.538. The molecule has 1 aromatic carbocycles. The molecule has 0 amide bonds. The van der Waals surface area contributed by atoms with Crippen LogP contribution in [0.3, 0.4) is 0 Å². The number of nitrogens with zero attached hydrogens (tertiary/aromatic N) is 1. The van der Waals surface area contributed by atoms with E-state index in [1.54, 1.807) is 7.05 Å². The van der Waals surface area contributed by atoms with E-state index in [4.69, 9.17) is 0 Å². The van der Waals surface area contributed by atoms with E-state index in [9.17, 15) is 21.6 Å². The van der Waals surface area contributed by atoms with E-state index in [0.29, 0.717) is 12.8 Å². The molecule has 1 saturated heterocycles. The Morgan fingerprint density at radius 2 is 1.78 bits per heavy atom. The van der Waals surface area contributed by atoms with Gasteiger partial charge in [0.25, 0.3) is 0 Å². The Kier molecular flexibility index (Phi) is 6.70. The zero-order valence-corrected chi connectivity index (χ0v) is 14.0. The minimum atomic E-state index is -4.94. The maximum atomic E-state index is 12.5. The van der Waals surface area contributed by atoms with Crippen LogP contribution in [0.5, 0.6) is 5.75 Å². The van der Waals surface area contributed by atoms with Gasteiger partial charge in [-0.2, -0.15) is 4.31 Å². The van der Waals surface area contributed by atoms with Crippen molar-refractivity contribution in [2.24, 2.45) is 0 Å². The summed E-state index contributed by atoms with van der Waals surface area (Å²) in [7, 11) is -2.22. The van der Waals surface area contributed by atoms with Crippen molar-refractivity contribution in [3.05, 3.63) is 24.3 Å². The Morgan fingerprint density at radius 3 is 2.30 bits per heavy atom. The predicted molar refractivity (Wildman–Crippen MR) is 81.2 cm³/mol. The van der Waals surface area contributed by atoms with Crippen molar-refractivity contribution in [2.45, 2.75) is 30.1 Å². The van der Waals surface area contributed by atoms with Gasteiger partial charge in [-0.1, -0.05) is 12.1 Å². The molecule has 0 aromatic heterocycles. The summed E-state index contributed by atoms with van der Waals surface area (Å²) in [6.07, 6.45) is -3.72. The van der Waals surface area contributed by atoms with E-state index in [1.165, 1.54) is 16.4 Å². The van der Waals surface area contributed by atoms with Gasteiger partial charge in [0.05, 0.1) is 0 Å². The van der Waals surface area contributed by atoms with Crippen LogP contribution in [0.4, 0.5) is 13.2 Å². The quantitative estimate of drug-likeness (QED) is 0.879. The number of benzene rings is 1. The first kappa shape index (κ1) is 20.0. The van der Waals surface area contributed by atoms with Crippen LogP contribution in [-0.2, 0) is 10.0 Å².